The highest BCUT2D eigenvalue weighted by atomic mass is 16.2. The molecule has 1 heterocycles. The monoisotopic (exact) mass is 457 g/mol. The first-order chi connectivity index (χ1) is 16.0. The normalized spacial score (nSPS) is 13.8. The molecular formula is C28H31N3O3. The van der Waals surface area contributed by atoms with E-state index in [4.69, 9.17) is 0 Å². The minimum atomic E-state index is -0.705. The second kappa shape index (κ2) is 8.93. The zero-order valence-corrected chi connectivity index (χ0v) is 20.4. The van der Waals surface area contributed by atoms with Crippen LogP contribution in [-0.4, -0.2) is 40.7 Å². The lowest BCUT2D eigenvalue weighted by molar-refractivity contribution is -0.140. The average molecular weight is 458 g/mol. The summed E-state index contributed by atoms with van der Waals surface area (Å²) in [7, 11) is 0. The van der Waals surface area contributed by atoms with E-state index in [-0.39, 0.29) is 30.8 Å². The summed E-state index contributed by atoms with van der Waals surface area (Å²) in [6.07, 6.45) is 0. The first kappa shape index (κ1) is 23.5. The second-order valence-electron chi connectivity index (χ2n) is 9.99. The summed E-state index contributed by atoms with van der Waals surface area (Å²) in [6.45, 7) is 9.60. The van der Waals surface area contributed by atoms with Crippen molar-refractivity contribution in [2.45, 2.75) is 52.7 Å². The Morgan fingerprint density at radius 1 is 1.00 bits per heavy atom. The zero-order valence-electron chi connectivity index (χ0n) is 20.4. The van der Waals surface area contributed by atoms with Gasteiger partial charge in [0.15, 0.2) is 0 Å². The fraction of sp³-hybridized carbons (Fsp3) is 0.321. The van der Waals surface area contributed by atoms with E-state index in [0.29, 0.717) is 5.56 Å². The molecule has 0 saturated heterocycles. The van der Waals surface area contributed by atoms with Crippen LogP contribution in [0.4, 0.5) is 5.69 Å². The Hall–Kier alpha value is -3.67. The van der Waals surface area contributed by atoms with E-state index < -0.39 is 11.6 Å². The van der Waals surface area contributed by atoms with Gasteiger partial charge in [0.1, 0.15) is 12.6 Å². The SMILES string of the molecule is Cc1ccc(CN(C(=O)CN2C(=O)c3cccc4cccc2c34)[C@@H](C)C(=O)NC(C)(C)C)cc1. The van der Waals surface area contributed by atoms with Crippen LogP contribution in [-0.2, 0) is 16.1 Å². The van der Waals surface area contributed by atoms with Gasteiger partial charge in [0.05, 0.1) is 5.69 Å². The number of aryl methyl sites for hydroxylation is 1. The number of rotatable bonds is 6. The number of hydrogen-bond donors (Lipinski definition) is 1. The maximum absolute atomic E-state index is 13.6. The van der Waals surface area contributed by atoms with E-state index in [1.807, 2.05) is 82.3 Å². The highest BCUT2D eigenvalue weighted by Gasteiger charge is 2.34. The van der Waals surface area contributed by atoms with Crippen LogP contribution < -0.4 is 10.2 Å². The molecule has 176 valence electrons. The summed E-state index contributed by atoms with van der Waals surface area (Å²) < 4.78 is 0. The molecule has 1 N–H and O–H groups in total. The van der Waals surface area contributed by atoms with Crippen LogP contribution in [0.5, 0.6) is 0 Å². The second-order valence-corrected chi connectivity index (χ2v) is 9.99. The lowest BCUT2D eigenvalue weighted by Crippen LogP contribution is -2.54. The minimum Gasteiger partial charge on any atom is -0.350 e. The van der Waals surface area contributed by atoms with Gasteiger partial charge in [0, 0.05) is 23.0 Å². The van der Waals surface area contributed by atoms with Gasteiger partial charge in [-0.25, -0.2) is 0 Å². The van der Waals surface area contributed by atoms with E-state index >= 15 is 0 Å². The Bertz CT molecular complexity index is 1250. The highest BCUT2D eigenvalue weighted by Crippen LogP contribution is 2.37. The third-order valence-corrected chi connectivity index (χ3v) is 6.08. The van der Waals surface area contributed by atoms with Crippen LogP contribution in [0.3, 0.4) is 0 Å². The van der Waals surface area contributed by atoms with Crippen molar-refractivity contribution in [3.8, 4) is 0 Å². The van der Waals surface area contributed by atoms with Crippen molar-refractivity contribution in [3.05, 3.63) is 77.4 Å². The molecule has 1 atom stereocenters. The zero-order chi connectivity index (χ0) is 24.6. The number of carbonyl (C=O) groups excluding carboxylic acids is 3. The van der Waals surface area contributed by atoms with E-state index in [1.54, 1.807) is 17.9 Å². The van der Waals surface area contributed by atoms with E-state index in [0.717, 1.165) is 27.6 Å². The van der Waals surface area contributed by atoms with Gasteiger partial charge < -0.3 is 10.2 Å². The summed E-state index contributed by atoms with van der Waals surface area (Å²) in [4.78, 5) is 42.9. The fourth-order valence-corrected chi connectivity index (χ4v) is 4.31. The lowest BCUT2D eigenvalue weighted by atomic mass is 10.1. The topological polar surface area (TPSA) is 69.7 Å². The molecule has 0 aromatic heterocycles. The molecule has 6 nitrogen and oxygen atoms in total. The van der Waals surface area contributed by atoms with Crippen molar-refractivity contribution in [3.63, 3.8) is 0 Å². The molecule has 0 bridgehead atoms. The molecule has 1 aliphatic rings. The van der Waals surface area contributed by atoms with Crippen molar-refractivity contribution in [1.29, 1.82) is 0 Å². The largest absolute Gasteiger partial charge is 0.350 e. The highest BCUT2D eigenvalue weighted by molar-refractivity contribution is 6.26. The number of benzene rings is 3. The van der Waals surface area contributed by atoms with E-state index in [1.165, 1.54) is 4.90 Å². The number of hydrogen-bond acceptors (Lipinski definition) is 3. The Labute approximate surface area is 200 Å². The van der Waals surface area contributed by atoms with Crippen molar-refractivity contribution >= 4 is 34.2 Å². The van der Waals surface area contributed by atoms with Crippen LogP contribution >= 0.6 is 0 Å². The van der Waals surface area contributed by atoms with Gasteiger partial charge in [-0.05, 0) is 57.7 Å². The molecule has 4 rings (SSSR count). The van der Waals surface area contributed by atoms with Crippen LogP contribution in [0.1, 0.15) is 49.2 Å². The molecule has 1 aliphatic heterocycles. The third-order valence-electron chi connectivity index (χ3n) is 6.08. The third kappa shape index (κ3) is 4.67. The molecule has 0 spiro atoms. The number of nitrogens with one attached hydrogen (secondary N) is 1. The Morgan fingerprint density at radius 2 is 1.65 bits per heavy atom. The Kier molecular flexibility index (Phi) is 6.17. The predicted octanol–water partition coefficient (Wildman–Crippen LogP) is 4.44. The van der Waals surface area contributed by atoms with Crippen LogP contribution in [0, 0.1) is 6.92 Å². The maximum Gasteiger partial charge on any atom is 0.259 e. The molecule has 0 radical (unpaired) electrons. The van der Waals surface area contributed by atoms with Crippen molar-refractivity contribution in [2.24, 2.45) is 0 Å². The van der Waals surface area contributed by atoms with E-state index in [9.17, 15) is 14.4 Å². The van der Waals surface area contributed by atoms with Gasteiger partial charge in [-0.1, -0.05) is 54.1 Å². The van der Waals surface area contributed by atoms with Gasteiger partial charge in [-0.3, -0.25) is 19.3 Å². The molecule has 0 aliphatic carbocycles. The Balaban J connectivity index is 1.63. The molecular weight excluding hydrogens is 426 g/mol. The summed E-state index contributed by atoms with van der Waals surface area (Å²) >= 11 is 0. The molecule has 34 heavy (non-hydrogen) atoms. The van der Waals surface area contributed by atoms with Crippen molar-refractivity contribution in [1.82, 2.24) is 10.2 Å². The average Bonchev–Trinajstić information content (AvgIpc) is 3.05. The molecule has 3 aromatic rings. The number of anilines is 1. The smallest absolute Gasteiger partial charge is 0.259 e. The Morgan fingerprint density at radius 3 is 2.29 bits per heavy atom. The predicted molar refractivity (Wildman–Crippen MR) is 135 cm³/mol. The molecule has 3 aromatic carbocycles. The molecule has 0 saturated carbocycles. The quantitative estimate of drug-likeness (QED) is 0.595. The van der Waals surface area contributed by atoms with Crippen LogP contribution in [0.15, 0.2) is 60.7 Å². The number of nitrogens with zero attached hydrogens (tertiary/aromatic N) is 2. The minimum absolute atomic E-state index is 0.133. The van der Waals surface area contributed by atoms with Crippen LogP contribution in [0.2, 0.25) is 0 Å². The van der Waals surface area contributed by atoms with Crippen LogP contribution in [0.25, 0.3) is 10.8 Å². The van der Waals surface area contributed by atoms with Gasteiger partial charge in [-0.2, -0.15) is 0 Å². The van der Waals surface area contributed by atoms with E-state index in [2.05, 4.69) is 5.32 Å². The van der Waals surface area contributed by atoms with Gasteiger partial charge in [0.2, 0.25) is 11.8 Å². The standard InChI is InChI=1S/C28H31N3O3/c1-18-12-14-20(15-13-18)16-30(19(2)26(33)29-28(3,4)5)24(32)17-31-23-11-7-9-21-8-6-10-22(25(21)23)27(31)34/h6-15,19H,16-17H2,1-5H3,(H,29,33)/t19-/m0/s1. The fourth-order valence-electron chi connectivity index (χ4n) is 4.31. The number of carbonyl (C=O) groups is 3. The lowest BCUT2D eigenvalue weighted by Gasteiger charge is -2.32. The first-order valence-corrected chi connectivity index (χ1v) is 11.6. The maximum atomic E-state index is 13.6. The summed E-state index contributed by atoms with van der Waals surface area (Å²) in [5.41, 5.74) is 2.95. The molecule has 0 unspecified atom stereocenters. The molecule has 6 heteroatoms. The molecule has 0 fully saturated rings. The first-order valence-electron chi connectivity index (χ1n) is 11.6. The summed E-state index contributed by atoms with van der Waals surface area (Å²) in [6, 6.07) is 18.5. The van der Waals surface area contributed by atoms with Crippen molar-refractivity contribution in [2.75, 3.05) is 11.4 Å². The van der Waals surface area contributed by atoms with Gasteiger partial charge in [0.25, 0.3) is 5.91 Å². The molecule has 3 amide bonds. The van der Waals surface area contributed by atoms with Crippen molar-refractivity contribution < 1.29 is 14.4 Å². The van der Waals surface area contributed by atoms with Gasteiger partial charge >= 0.3 is 0 Å². The van der Waals surface area contributed by atoms with Gasteiger partial charge in [-0.15, -0.1) is 0 Å². The number of amides is 3. The summed E-state index contributed by atoms with van der Waals surface area (Å²) in [5.74, 6) is -0.705. The summed E-state index contributed by atoms with van der Waals surface area (Å²) in [5, 5.41) is 4.80.